The maximum absolute atomic E-state index is 13.3. The molecule has 6 nitrogen and oxygen atoms in total. The van der Waals surface area contributed by atoms with Crippen LogP contribution in [0.5, 0.6) is 5.75 Å². The van der Waals surface area contributed by atoms with Crippen molar-refractivity contribution in [3.05, 3.63) is 87.7 Å². The summed E-state index contributed by atoms with van der Waals surface area (Å²) in [6.45, 7) is 4.61. The molecule has 0 atom stereocenters. The molecule has 5 rings (SSSR count). The molecule has 182 valence electrons. The van der Waals surface area contributed by atoms with Crippen molar-refractivity contribution in [2.24, 2.45) is 5.92 Å². The molecule has 36 heavy (non-hydrogen) atoms. The summed E-state index contributed by atoms with van der Waals surface area (Å²) in [5, 5.41) is 15.6. The number of carbonyl (C=O) groups is 1. The Hall–Kier alpha value is -3.68. The van der Waals surface area contributed by atoms with Gasteiger partial charge in [0.25, 0.3) is 11.5 Å². The van der Waals surface area contributed by atoms with E-state index in [4.69, 9.17) is 11.6 Å². The summed E-state index contributed by atoms with van der Waals surface area (Å²) in [6, 6.07) is 19.9. The van der Waals surface area contributed by atoms with E-state index in [0.717, 1.165) is 27.2 Å². The first-order valence-corrected chi connectivity index (χ1v) is 12.8. The Kier molecular flexibility index (Phi) is 6.51. The van der Waals surface area contributed by atoms with Crippen LogP contribution < -0.4 is 10.9 Å². The highest BCUT2D eigenvalue weighted by Crippen LogP contribution is 2.32. The van der Waals surface area contributed by atoms with Crippen LogP contribution in [0.25, 0.3) is 31.7 Å². The number of thiazole rings is 1. The van der Waals surface area contributed by atoms with Crippen LogP contribution in [0.1, 0.15) is 30.6 Å². The predicted octanol–water partition coefficient (Wildman–Crippen LogP) is 6.94. The second-order valence-electron chi connectivity index (χ2n) is 9.04. The van der Waals surface area contributed by atoms with E-state index in [9.17, 15) is 14.7 Å². The Morgan fingerprint density at radius 1 is 1.11 bits per heavy atom. The smallest absolute Gasteiger partial charge is 0.267 e. The molecule has 0 saturated heterocycles. The van der Waals surface area contributed by atoms with Crippen LogP contribution in [0.2, 0.25) is 5.02 Å². The minimum absolute atomic E-state index is 0.260. The Morgan fingerprint density at radius 2 is 1.86 bits per heavy atom. The molecule has 5 aromatic rings. The molecular weight excluding hydrogens is 494 g/mol. The van der Waals surface area contributed by atoms with Crippen LogP contribution in [-0.4, -0.2) is 20.6 Å². The van der Waals surface area contributed by atoms with Crippen molar-refractivity contribution in [3.8, 4) is 16.3 Å². The maximum Gasteiger partial charge on any atom is 0.267 e. The number of amides is 1. The molecule has 2 N–H and O–H groups in total. The summed E-state index contributed by atoms with van der Waals surface area (Å²) in [6.07, 6.45) is 0.773. The molecule has 3 aromatic carbocycles. The van der Waals surface area contributed by atoms with E-state index in [1.807, 2.05) is 36.4 Å². The lowest BCUT2D eigenvalue weighted by atomic mass is 10.1. The third-order valence-corrected chi connectivity index (χ3v) is 7.35. The summed E-state index contributed by atoms with van der Waals surface area (Å²) in [5.41, 5.74) is 2.12. The number of para-hydroxylation sites is 1. The maximum atomic E-state index is 13.3. The Labute approximate surface area is 216 Å². The second-order valence-corrected chi connectivity index (χ2v) is 10.5. The number of aromatic nitrogens is 2. The molecule has 0 bridgehead atoms. The summed E-state index contributed by atoms with van der Waals surface area (Å²) < 4.78 is 2.57. The highest BCUT2D eigenvalue weighted by atomic mass is 35.5. The van der Waals surface area contributed by atoms with Gasteiger partial charge in [-0.2, -0.15) is 0 Å². The minimum Gasteiger partial charge on any atom is -0.506 e. The quantitative estimate of drug-likeness (QED) is 0.255. The highest BCUT2D eigenvalue weighted by molar-refractivity contribution is 7.21. The average Bonchev–Trinajstić information content (AvgIpc) is 3.27. The van der Waals surface area contributed by atoms with Crippen molar-refractivity contribution in [2.75, 3.05) is 5.32 Å². The number of nitrogens with zero attached hydrogens (tertiary/aromatic N) is 2. The zero-order valence-electron chi connectivity index (χ0n) is 19.8. The van der Waals surface area contributed by atoms with Crippen molar-refractivity contribution in [3.63, 3.8) is 0 Å². The molecular formula is C28H24ClN3O3S. The van der Waals surface area contributed by atoms with Crippen molar-refractivity contribution in [1.29, 1.82) is 0 Å². The van der Waals surface area contributed by atoms with Crippen molar-refractivity contribution in [1.82, 2.24) is 9.55 Å². The fourth-order valence-corrected chi connectivity index (χ4v) is 5.36. The number of aryl methyl sites for hydroxylation is 1. The number of aromatic hydroxyl groups is 1. The highest BCUT2D eigenvalue weighted by Gasteiger charge is 2.22. The number of anilines is 1. The van der Waals surface area contributed by atoms with Gasteiger partial charge in [0.15, 0.2) is 0 Å². The first kappa shape index (κ1) is 24.0. The van der Waals surface area contributed by atoms with Gasteiger partial charge < -0.3 is 15.0 Å². The van der Waals surface area contributed by atoms with Crippen LogP contribution in [-0.2, 0) is 6.54 Å². The van der Waals surface area contributed by atoms with Crippen LogP contribution >= 0.6 is 22.9 Å². The number of halogens is 1. The van der Waals surface area contributed by atoms with Crippen LogP contribution in [0.3, 0.4) is 0 Å². The zero-order valence-corrected chi connectivity index (χ0v) is 21.4. The Bertz CT molecular complexity index is 1660. The third kappa shape index (κ3) is 4.59. The van der Waals surface area contributed by atoms with E-state index in [2.05, 4.69) is 24.1 Å². The fraction of sp³-hybridized carbons (Fsp3) is 0.179. The van der Waals surface area contributed by atoms with Gasteiger partial charge in [-0.3, -0.25) is 9.59 Å². The predicted molar refractivity (Wildman–Crippen MR) is 147 cm³/mol. The SMILES string of the molecule is CC(C)CCn1c(=O)c(C(=O)Nc2ccc(-c3nc4ccc(Cl)cc4s3)cc2)c(O)c2ccccc21. The molecule has 0 aliphatic carbocycles. The molecule has 8 heteroatoms. The summed E-state index contributed by atoms with van der Waals surface area (Å²) in [7, 11) is 0. The second kappa shape index (κ2) is 9.76. The number of fused-ring (bicyclic) bond motifs is 2. The molecule has 0 unspecified atom stereocenters. The molecule has 1 amide bonds. The number of rotatable bonds is 6. The monoisotopic (exact) mass is 517 g/mol. The lowest BCUT2D eigenvalue weighted by Crippen LogP contribution is -2.30. The Morgan fingerprint density at radius 3 is 2.61 bits per heavy atom. The summed E-state index contributed by atoms with van der Waals surface area (Å²) in [4.78, 5) is 31.2. The van der Waals surface area contributed by atoms with Gasteiger partial charge >= 0.3 is 0 Å². The molecule has 0 radical (unpaired) electrons. The molecule has 0 fully saturated rings. The fourth-order valence-electron chi connectivity index (χ4n) is 4.12. The molecule has 0 aliphatic rings. The van der Waals surface area contributed by atoms with Gasteiger partial charge in [-0.1, -0.05) is 37.6 Å². The largest absolute Gasteiger partial charge is 0.506 e. The number of hydrogen-bond donors (Lipinski definition) is 2. The third-order valence-electron chi connectivity index (χ3n) is 6.04. The number of benzene rings is 3. The first-order valence-electron chi connectivity index (χ1n) is 11.6. The van der Waals surface area contributed by atoms with Gasteiger partial charge in [-0.25, -0.2) is 4.98 Å². The van der Waals surface area contributed by atoms with Gasteiger partial charge in [0, 0.05) is 28.2 Å². The van der Waals surface area contributed by atoms with E-state index in [1.165, 1.54) is 11.3 Å². The first-order chi connectivity index (χ1) is 17.3. The van der Waals surface area contributed by atoms with E-state index >= 15 is 0 Å². The van der Waals surface area contributed by atoms with Crippen molar-refractivity contribution in [2.45, 2.75) is 26.8 Å². The standard InChI is InChI=1S/C28H24ClN3O3S/c1-16(2)13-14-32-22-6-4-3-5-20(22)25(33)24(28(32)35)26(34)30-19-10-7-17(8-11-19)27-31-21-12-9-18(29)15-23(21)36-27/h3-12,15-16,33H,13-14H2,1-2H3,(H,30,34). The molecule has 0 aliphatic heterocycles. The number of carbonyl (C=O) groups excluding carboxylic acids is 1. The molecule has 2 heterocycles. The van der Waals surface area contributed by atoms with Gasteiger partial charge in [0.05, 0.1) is 15.7 Å². The van der Waals surface area contributed by atoms with Gasteiger partial charge in [0.1, 0.15) is 16.3 Å². The van der Waals surface area contributed by atoms with Gasteiger partial charge in [-0.15, -0.1) is 11.3 Å². The van der Waals surface area contributed by atoms with E-state index in [0.29, 0.717) is 34.1 Å². The van der Waals surface area contributed by atoms with E-state index in [1.54, 1.807) is 34.9 Å². The topological polar surface area (TPSA) is 84.2 Å². The molecule has 2 aromatic heterocycles. The molecule has 0 spiro atoms. The van der Waals surface area contributed by atoms with Gasteiger partial charge in [-0.05, 0) is 66.9 Å². The van der Waals surface area contributed by atoms with Crippen LogP contribution in [0.4, 0.5) is 5.69 Å². The summed E-state index contributed by atoms with van der Waals surface area (Å²) in [5.74, 6) is -0.574. The lowest BCUT2D eigenvalue weighted by molar-refractivity contribution is 0.102. The number of pyridine rings is 1. The van der Waals surface area contributed by atoms with Crippen molar-refractivity contribution >= 4 is 55.7 Å². The van der Waals surface area contributed by atoms with Crippen molar-refractivity contribution < 1.29 is 9.90 Å². The zero-order chi connectivity index (χ0) is 25.4. The van der Waals surface area contributed by atoms with E-state index in [-0.39, 0.29) is 11.3 Å². The van der Waals surface area contributed by atoms with Gasteiger partial charge in [0.2, 0.25) is 0 Å². The number of nitrogens with one attached hydrogen (secondary N) is 1. The lowest BCUT2D eigenvalue weighted by Gasteiger charge is -2.16. The Balaban J connectivity index is 1.45. The van der Waals surface area contributed by atoms with Crippen LogP contribution in [0.15, 0.2) is 71.5 Å². The molecule has 0 saturated carbocycles. The number of hydrogen-bond acceptors (Lipinski definition) is 5. The van der Waals surface area contributed by atoms with E-state index < -0.39 is 11.5 Å². The minimum atomic E-state index is -0.649. The van der Waals surface area contributed by atoms with Crippen LogP contribution in [0, 0.1) is 5.92 Å². The average molecular weight is 518 g/mol. The summed E-state index contributed by atoms with van der Waals surface area (Å²) >= 11 is 7.62. The normalized spacial score (nSPS) is 11.4.